The van der Waals surface area contributed by atoms with Crippen LogP contribution in [-0.4, -0.2) is 37.2 Å². The number of rotatable bonds is 3. The molecular formula is C14H22BrClN2O. The number of hydrogen-bond donors (Lipinski definition) is 1. The SMILES string of the molecule is COc1ccc(Br)c(CN2CC(C)NC(C)C2)c1.Cl. The highest BCUT2D eigenvalue weighted by Gasteiger charge is 2.21. The number of hydrogen-bond acceptors (Lipinski definition) is 3. The lowest BCUT2D eigenvalue weighted by Crippen LogP contribution is -2.53. The molecule has 1 aromatic rings. The molecule has 0 radical (unpaired) electrons. The van der Waals surface area contributed by atoms with E-state index in [2.05, 4.69) is 52.1 Å². The van der Waals surface area contributed by atoms with Gasteiger partial charge in [0.15, 0.2) is 0 Å². The van der Waals surface area contributed by atoms with E-state index in [4.69, 9.17) is 4.74 Å². The third kappa shape index (κ3) is 4.63. The minimum Gasteiger partial charge on any atom is -0.497 e. The van der Waals surface area contributed by atoms with Gasteiger partial charge in [-0.25, -0.2) is 0 Å². The van der Waals surface area contributed by atoms with Crippen LogP contribution in [0.25, 0.3) is 0 Å². The van der Waals surface area contributed by atoms with E-state index in [1.807, 2.05) is 6.07 Å². The van der Waals surface area contributed by atoms with Crippen molar-refractivity contribution >= 4 is 28.3 Å². The first kappa shape index (κ1) is 16.8. The molecule has 1 saturated heterocycles. The summed E-state index contributed by atoms with van der Waals surface area (Å²) in [7, 11) is 1.71. The Balaban J connectivity index is 0.00000180. The average Bonchev–Trinajstić information content (AvgIpc) is 2.30. The van der Waals surface area contributed by atoms with Crippen molar-refractivity contribution in [2.75, 3.05) is 20.2 Å². The van der Waals surface area contributed by atoms with Crippen molar-refractivity contribution in [3.63, 3.8) is 0 Å². The van der Waals surface area contributed by atoms with Gasteiger partial charge in [-0.3, -0.25) is 4.90 Å². The molecule has 0 bridgehead atoms. The van der Waals surface area contributed by atoms with E-state index in [1.54, 1.807) is 7.11 Å². The average molecular weight is 350 g/mol. The molecule has 0 saturated carbocycles. The van der Waals surface area contributed by atoms with Gasteiger partial charge in [-0.1, -0.05) is 15.9 Å². The summed E-state index contributed by atoms with van der Waals surface area (Å²) in [6.45, 7) is 7.63. The zero-order valence-corrected chi connectivity index (χ0v) is 14.1. The molecule has 0 aliphatic carbocycles. The van der Waals surface area contributed by atoms with Crippen LogP contribution in [-0.2, 0) is 6.54 Å². The summed E-state index contributed by atoms with van der Waals surface area (Å²) in [4.78, 5) is 2.49. The third-order valence-electron chi connectivity index (χ3n) is 3.28. The number of ether oxygens (including phenoxy) is 1. The van der Waals surface area contributed by atoms with Crippen molar-refractivity contribution in [3.05, 3.63) is 28.2 Å². The third-order valence-corrected chi connectivity index (χ3v) is 4.05. The van der Waals surface area contributed by atoms with Crippen LogP contribution < -0.4 is 10.1 Å². The number of methoxy groups -OCH3 is 1. The Morgan fingerprint density at radius 1 is 1.32 bits per heavy atom. The predicted molar refractivity (Wildman–Crippen MR) is 85.3 cm³/mol. The smallest absolute Gasteiger partial charge is 0.119 e. The number of nitrogens with zero attached hydrogens (tertiary/aromatic N) is 1. The summed E-state index contributed by atoms with van der Waals surface area (Å²) in [6.07, 6.45) is 0. The van der Waals surface area contributed by atoms with Crippen molar-refractivity contribution in [3.8, 4) is 5.75 Å². The molecule has 1 aliphatic rings. The van der Waals surface area contributed by atoms with Crippen molar-refractivity contribution in [2.24, 2.45) is 0 Å². The first-order valence-electron chi connectivity index (χ1n) is 6.39. The van der Waals surface area contributed by atoms with E-state index in [-0.39, 0.29) is 12.4 Å². The fourth-order valence-electron chi connectivity index (χ4n) is 2.61. The summed E-state index contributed by atoms with van der Waals surface area (Å²) in [5, 5.41) is 3.55. The predicted octanol–water partition coefficient (Wildman–Crippen LogP) is 3.06. The maximum absolute atomic E-state index is 5.29. The number of nitrogens with one attached hydrogen (secondary N) is 1. The normalized spacial score (nSPS) is 23.8. The fourth-order valence-corrected chi connectivity index (χ4v) is 2.98. The van der Waals surface area contributed by atoms with Crippen LogP contribution in [0.3, 0.4) is 0 Å². The largest absolute Gasteiger partial charge is 0.497 e. The van der Waals surface area contributed by atoms with E-state index < -0.39 is 0 Å². The Morgan fingerprint density at radius 3 is 2.53 bits per heavy atom. The molecule has 0 amide bonds. The van der Waals surface area contributed by atoms with Crippen LogP contribution in [0.2, 0.25) is 0 Å². The minimum atomic E-state index is 0. The Labute approximate surface area is 130 Å². The molecule has 2 rings (SSSR count). The van der Waals surface area contributed by atoms with Crippen LogP contribution in [0, 0.1) is 0 Å². The van der Waals surface area contributed by atoms with Crippen molar-refractivity contribution in [2.45, 2.75) is 32.5 Å². The lowest BCUT2D eigenvalue weighted by molar-refractivity contribution is 0.166. The second kappa shape index (κ2) is 7.48. The van der Waals surface area contributed by atoms with Gasteiger partial charge in [0.2, 0.25) is 0 Å². The molecule has 2 unspecified atom stereocenters. The van der Waals surface area contributed by atoms with Gasteiger partial charge in [0, 0.05) is 36.2 Å². The van der Waals surface area contributed by atoms with Gasteiger partial charge in [0.25, 0.3) is 0 Å². The number of benzene rings is 1. The summed E-state index contributed by atoms with van der Waals surface area (Å²) >= 11 is 3.62. The Morgan fingerprint density at radius 2 is 1.95 bits per heavy atom. The Kier molecular flexibility index (Phi) is 6.60. The van der Waals surface area contributed by atoms with Gasteiger partial charge in [-0.15, -0.1) is 12.4 Å². The standard InChI is InChI=1S/C14H21BrN2O.ClH/c1-10-7-17(8-11(2)16-10)9-12-6-13(18-3)4-5-14(12)15;/h4-6,10-11,16H,7-9H2,1-3H3;1H. The van der Waals surface area contributed by atoms with Gasteiger partial charge < -0.3 is 10.1 Å². The zero-order chi connectivity index (χ0) is 13.1. The molecule has 1 fully saturated rings. The van der Waals surface area contributed by atoms with Gasteiger partial charge in [-0.2, -0.15) is 0 Å². The van der Waals surface area contributed by atoms with Crippen LogP contribution in [0.15, 0.2) is 22.7 Å². The molecule has 1 N–H and O–H groups in total. The van der Waals surface area contributed by atoms with E-state index in [9.17, 15) is 0 Å². The molecule has 1 heterocycles. The monoisotopic (exact) mass is 348 g/mol. The second-order valence-corrected chi connectivity index (χ2v) is 5.97. The highest BCUT2D eigenvalue weighted by molar-refractivity contribution is 9.10. The first-order chi connectivity index (χ1) is 8.58. The first-order valence-corrected chi connectivity index (χ1v) is 7.18. The molecule has 2 atom stereocenters. The lowest BCUT2D eigenvalue weighted by Gasteiger charge is -2.36. The number of piperazine rings is 1. The maximum Gasteiger partial charge on any atom is 0.119 e. The summed E-state index contributed by atoms with van der Waals surface area (Å²) in [6, 6.07) is 7.26. The Bertz CT molecular complexity index is 406. The number of halogens is 2. The van der Waals surface area contributed by atoms with E-state index in [0.717, 1.165) is 29.9 Å². The van der Waals surface area contributed by atoms with Crippen molar-refractivity contribution < 1.29 is 4.74 Å². The highest BCUT2D eigenvalue weighted by atomic mass is 79.9. The second-order valence-electron chi connectivity index (χ2n) is 5.12. The van der Waals surface area contributed by atoms with E-state index in [0.29, 0.717) is 12.1 Å². The van der Waals surface area contributed by atoms with E-state index >= 15 is 0 Å². The van der Waals surface area contributed by atoms with Crippen LogP contribution in [0.5, 0.6) is 5.75 Å². The lowest BCUT2D eigenvalue weighted by atomic mass is 10.1. The van der Waals surface area contributed by atoms with Gasteiger partial charge >= 0.3 is 0 Å². The fraction of sp³-hybridized carbons (Fsp3) is 0.571. The molecule has 19 heavy (non-hydrogen) atoms. The maximum atomic E-state index is 5.29. The molecule has 5 heteroatoms. The topological polar surface area (TPSA) is 24.5 Å². The van der Waals surface area contributed by atoms with Gasteiger partial charge in [0.1, 0.15) is 5.75 Å². The van der Waals surface area contributed by atoms with Crippen molar-refractivity contribution in [1.82, 2.24) is 10.2 Å². The molecule has 1 aliphatic heterocycles. The van der Waals surface area contributed by atoms with Crippen LogP contribution >= 0.6 is 28.3 Å². The molecule has 0 aromatic heterocycles. The molecule has 3 nitrogen and oxygen atoms in total. The minimum absolute atomic E-state index is 0. The van der Waals surface area contributed by atoms with Crippen molar-refractivity contribution in [1.29, 1.82) is 0 Å². The molecule has 1 aromatic carbocycles. The quantitative estimate of drug-likeness (QED) is 0.907. The Hall–Kier alpha value is -0.290. The van der Waals surface area contributed by atoms with Crippen LogP contribution in [0.1, 0.15) is 19.4 Å². The summed E-state index contributed by atoms with van der Waals surface area (Å²) in [5.41, 5.74) is 1.29. The van der Waals surface area contributed by atoms with Gasteiger partial charge in [-0.05, 0) is 37.6 Å². The zero-order valence-electron chi connectivity index (χ0n) is 11.6. The summed E-state index contributed by atoms with van der Waals surface area (Å²) < 4.78 is 6.44. The van der Waals surface area contributed by atoms with E-state index in [1.165, 1.54) is 5.56 Å². The molecule has 0 spiro atoms. The molecule has 108 valence electrons. The summed E-state index contributed by atoms with van der Waals surface area (Å²) in [5.74, 6) is 0.921. The highest BCUT2D eigenvalue weighted by Crippen LogP contribution is 2.24. The molecular weight excluding hydrogens is 328 g/mol. The van der Waals surface area contributed by atoms with Gasteiger partial charge in [0.05, 0.1) is 7.11 Å². The van der Waals surface area contributed by atoms with Crippen LogP contribution in [0.4, 0.5) is 0 Å².